The third-order valence-corrected chi connectivity index (χ3v) is 7.96. The molecule has 0 atom stereocenters. The molecule has 2 heteroatoms. The lowest BCUT2D eigenvalue weighted by Gasteiger charge is -2.25. The van der Waals surface area contributed by atoms with Gasteiger partial charge in [0.05, 0.1) is 16.6 Å². The first-order valence-corrected chi connectivity index (χ1v) is 12.6. The molecule has 0 radical (unpaired) electrons. The summed E-state index contributed by atoms with van der Waals surface area (Å²) in [7, 11) is 1.94. The molecule has 0 aliphatic carbocycles. The maximum atomic E-state index is 7.87. The van der Waals surface area contributed by atoms with Gasteiger partial charge in [-0.15, -0.1) is 0 Å². The Hall–Kier alpha value is -3.91. The van der Waals surface area contributed by atoms with Crippen molar-refractivity contribution in [1.29, 1.82) is 0 Å². The minimum absolute atomic E-state index is 0.115. The van der Waals surface area contributed by atoms with E-state index in [-0.39, 0.29) is 5.41 Å². The lowest BCUT2D eigenvalue weighted by atomic mass is 9.79. The molecule has 4 aromatic carbocycles. The first-order chi connectivity index (χ1) is 18.5. The van der Waals surface area contributed by atoms with Crippen molar-refractivity contribution in [2.75, 3.05) is 0 Å². The minimum atomic E-state index is -2.14. The van der Waals surface area contributed by atoms with Crippen molar-refractivity contribution in [3.8, 4) is 11.3 Å². The lowest BCUT2D eigenvalue weighted by molar-refractivity contribution is -0.660. The van der Waals surface area contributed by atoms with E-state index < -0.39 is 6.85 Å². The summed E-state index contributed by atoms with van der Waals surface area (Å²) < 4.78 is 28.0. The number of rotatable bonds is 1. The second-order valence-electron chi connectivity index (χ2n) is 11.2. The fourth-order valence-corrected chi connectivity index (χ4v) is 6.31. The van der Waals surface area contributed by atoms with E-state index in [4.69, 9.17) is 4.11 Å². The van der Waals surface area contributed by atoms with Crippen molar-refractivity contribution in [3.05, 3.63) is 95.7 Å². The molecular formula is C34H31N2+. The monoisotopic (exact) mass is 470 g/mol. The van der Waals surface area contributed by atoms with Gasteiger partial charge in [-0.05, 0) is 71.4 Å². The molecule has 0 aliphatic heterocycles. The van der Waals surface area contributed by atoms with Crippen LogP contribution >= 0.6 is 0 Å². The number of para-hydroxylation sites is 2. The predicted octanol–water partition coefficient (Wildman–Crippen LogP) is 8.40. The largest absolute Gasteiger partial charge is 0.308 e. The van der Waals surface area contributed by atoms with Crippen LogP contribution in [0.15, 0.2) is 79.0 Å². The van der Waals surface area contributed by atoms with Crippen LogP contribution in [0.4, 0.5) is 0 Å². The Kier molecular flexibility index (Phi) is 3.61. The molecule has 2 nitrogen and oxygen atoms in total. The van der Waals surface area contributed by atoms with Crippen LogP contribution in [0.25, 0.3) is 60.1 Å². The zero-order valence-corrected chi connectivity index (χ0v) is 21.4. The topological polar surface area (TPSA) is 8.29 Å². The van der Waals surface area contributed by atoms with Gasteiger partial charge in [-0.2, -0.15) is 0 Å². The zero-order chi connectivity index (χ0) is 27.4. The van der Waals surface area contributed by atoms with E-state index in [2.05, 4.69) is 92.8 Å². The Labute approximate surface area is 216 Å². The quantitative estimate of drug-likeness (QED) is 0.213. The smallest absolute Gasteiger partial charge is 0.212 e. The second kappa shape index (κ2) is 7.07. The summed E-state index contributed by atoms with van der Waals surface area (Å²) in [6, 6.07) is 25.9. The summed E-state index contributed by atoms with van der Waals surface area (Å²) in [5.74, 6) is 0. The van der Waals surface area contributed by atoms with Gasteiger partial charge in [-0.1, -0.05) is 57.2 Å². The van der Waals surface area contributed by atoms with Crippen LogP contribution in [0, 0.1) is 13.8 Å². The van der Waals surface area contributed by atoms with E-state index in [0.717, 1.165) is 11.3 Å². The molecule has 36 heavy (non-hydrogen) atoms. The number of aryl methyl sites for hydroxylation is 3. The highest BCUT2D eigenvalue weighted by Crippen LogP contribution is 2.47. The molecule has 0 amide bonds. The minimum Gasteiger partial charge on any atom is -0.308 e. The molecule has 0 bridgehead atoms. The van der Waals surface area contributed by atoms with Crippen LogP contribution in [0.1, 0.15) is 41.6 Å². The van der Waals surface area contributed by atoms with Gasteiger partial charge in [0, 0.05) is 42.9 Å². The lowest BCUT2D eigenvalue weighted by Crippen LogP contribution is -2.31. The van der Waals surface area contributed by atoms with Crippen molar-refractivity contribution < 1.29 is 8.68 Å². The number of fused-ring (bicyclic) bond motifs is 8. The van der Waals surface area contributed by atoms with E-state index in [1.54, 1.807) is 12.3 Å². The van der Waals surface area contributed by atoms with Gasteiger partial charge < -0.3 is 4.40 Å². The van der Waals surface area contributed by atoms with Gasteiger partial charge in [0.2, 0.25) is 5.69 Å². The van der Waals surface area contributed by atoms with Crippen LogP contribution in [0.2, 0.25) is 0 Å². The Morgan fingerprint density at radius 1 is 0.778 bits per heavy atom. The molecule has 0 N–H and O–H groups in total. The maximum Gasteiger partial charge on any atom is 0.212 e. The van der Waals surface area contributed by atoms with Gasteiger partial charge in [0.15, 0.2) is 6.20 Å². The van der Waals surface area contributed by atoms with Crippen LogP contribution < -0.4 is 4.57 Å². The van der Waals surface area contributed by atoms with Crippen molar-refractivity contribution in [1.82, 2.24) is 4.40 Å². The van der Waals surface area contributed by atoms with E-state index >= 15 is 0 Å². The fourth-order valence-electron chi connectivity index (χ4n) is 6.31. The Morgan fingerprint density at radius 2 is 1.47 bits per heavy atom. The summed E-state index contributed by atoms with van der Waals surface area (Å²) in [6.45, 7) is 6.92. The van der Waals surface area contributed by atoms with Gasteiger partial charge in [0.25, 0.3) is 0 Å². The molecule has 7 aromatic rings. The van der Waals surface area contributed by atoms with Gasteiger partial charge >= 0.3 is 0 Å². The molecule has 0 aliphatic rings. The Bertz CT molecular complexity index is 2110. The van der Waals surface area contributed by atoms with Crippen LogP contribution in [0.3, 0.4) is 0 Å². The number of nitrogens with zero attached hydrogens (tertiary/aromatic N) is 2. The normalized spacial score (nSPS) is 14.3. The summed E-state index contributed by atoms with van der Waals surface area (Å²) in [6.07, 6.45) is 1.75. The van der Waals surface area contributed by atoms with Gasteiger partial charge in [-0.3, -0.25) is 0 Å². The van der Waals surface area contributed by atoms with Gasteiger partial charge in [0.1, 0.15) is 7.05 Å². The second-order valence-corrected chi connectivity index (χ2v) is 11.2. The number of pyridine rings is 1. The van der Waals surface area contributed by atoms with Gasteiger partial charge in [-0.25, -0.2) is 4.57 Å². The van der Waals surface area contributed by atoms with E-state index in [1.807, 2.05) is 17.7 Å². The SMILES string of the molecule is [2H]C([2H])([2H])c1ccc(-c2cc(C(C)(C)C)c3c(cc4c5ccccc5n5c6ccccc6c3c45)c2C)[n+](C)c1. The number of aromatic nitrogens is 2. The third kappa shape index (κ3) is 2.70. The number of hydrogen-bond donors (Lipinski definition) is 0. The Morgan fingerprint density at radius 3 is 2.17 bits per heavy atom. The summed E-state index contributed by atoms with van der Waals surface area (Å²) in [5, 5.41) is 7.69. The van der Waals surface area contributed by atoms with Crippen LogP contribution in [0.5, 0.6) is 0 Å². The summed E-state index contributed by atoms with van der Waals surface area (Å²) in [5.41, 5.74) is 8.63. The molecule has 0 unspecified atom stereocenters. The molecular weight excluding hydrogens is 436 g/mol. The summed E-state index contributed by atoms with van der Waals surface area (Å²) >= 11 is 0. The van der Waals surface area contributed by atoms with E-state index in [1.165, 1.54) is 60.0 Å². The molecule has 0 spiro atoms. The third-order valence-electron chi connectivity index (χ3n) is 7.96. The maximum absolute atomic E-state index is 7.87. The molecule has 0 saturated carbocycles. The number of hydrogen-bond acceptors (Lipinski definition) is 0. The standard InChI is InChI=1S/C34H31N2/c1-20-15-16-28(35(6)19-20)24-18-27(34(3,4)5)31-25(21(24)2)17-26-22-11-7-9-13-29(22)36-30-14-10-8-12-23(30)32(31)33(26)36/h7-19H,1-6H3/q+1/i1D3. The van der Waals surface area contributed by atoms with Crippen molar-refractivity contribution in [3.63, 3.8) is 0 Å². The average Bonchev–Trinajstić information content (AvgIpc) is 3.40. The fraction of sp³-hybridized carbons (Fsp3) is 0.206. The average molecular weight is 471 g/mol. The van der Waals surface area contributed by atoms with Crippen LogP contribution in [-0.2, 0) is 12.5 Å². The highest BCUT2D eigenvalue weighted by atomic mass is 14.9. The van der Waals surface area contributed by atoms with E-state index in [0.29, 0.717) is 5.56 Å². The highest BCUT2D eigenvalue weighted by molar-refractivity contribution is 6.32. The zero-order valence-electron chi connectivity index (χ0n) is 24.4. The van der Waals surface area contributed by atoms with Crippen molar-refractivity contribution in [2.45, 2.75) is 40.0 Å². The molecule has 0 saturated heterocycles. The highest BCUT2D eigenvalue weighted by Gasteiger charge is 2.28. The predicted molar refractivity (Wildman–Crippen MR) is 153 cm³/mol. The molecule has 0 fully saturated rings. The first kappa shape index (κ1) is 18.4. The Balaban J connectivity index is 1.71. The van der Waals surface area contributed by atoms with E-state index in [9.17, 15) is 0 Å². The number of benzene rings is 4. The molecule has 3 aromatic heterocycles. The molecule has 3 heterocycles. The summed E-state index contributed by atoms with van der Waals surface area (Å²) in [4.78, 5) is 0. The molecule has 176 valence electrons. The van der Waals surface area contributed by atoms with Crippen LogP contribution in [-0.4, -0.2) is 4.40 Å². The first-order valence-electron chi connectivity index (χ1n) is 14.1. The van der Waals surface area contributed by atoms with Crippen molar-refractivity contribution in [2.24, 2.45) is 7.05 Å². The van der Waals surface area contributed by atoms with Crippen molar-refractivity contribution >= 4 is 48.9 Å². The molecule has 7 rings (SSSR count).